The van der Waals surface area contributed by atoms with Crippen LogP contribution in [0.25, 0.3) is 0 Å². The maximum atomic E-state index is 12.8. The molecule has 4 amide bonds. The van der Waals surface area contributed by atoms with Gasteiger partial charge in [-0.05, 0) is 38.6 Å². The maximum Gasteiger partial charge on any atom is 0.325 e. The summed E-state index contributed by atoms with van der Waals surface area (Å²) in [6, 6.07) is -4.39. The van der Waals surface area contributed by atoms with Gasteiger partial charge in [-0.3, -0.25) is 24.0 Å². The largest absolute Gasteiger partial charge is 0.480 e. The number of carboxylic acid groups (broad SMARTS) is 1. The van der Waals surface area contributed by atoms with Crippen molar-refractivity contribution in [1.29, 1.82) is 0 Å². The SMILES string of the molecule is CC(NC(=O)C(NC(=O)C(CCCCN)NC(=O)C(N)CC(N)=O)C(C)C)C(=O)O. The molecule has 30 heavy (non-hydrogen) atoms. The summed E-state index contributed by atoms with van der Waals surface area (Å²) >= 11 is 0. The lowest BCUT2D eigenvalue weighted by Crippen LogP contribution is -2.58. The average molecular weight is 431 g/mol. The number of nitrogens with two attached hydrogens (primary N) is 3. The van der Waals surface area contributed by atoms with E-state index in [4.69, 9.17) is 22.3 Å². The Labute approximate surface area is 175 Å². The zero-order chi connectivity index (χ0) is 23.4. The molecule has 0 aliphatic rings. The molecule has 12 nitrogen and oxygen atoms in total. The number of primary amides is 1. The second kappa shape index (κ2) is 13.5. The molecule has 4 unspecified atom stereocenters. The number of amides is 4. The molecule has 0 saturated heterocycles. The smallest absolute Gasteiger partial charge is 0.325 e. The summed E-state index contributed by atoms with van der Waals surface area (Å²) in [5.41, 5.74) is 16.1. The molecular weight excluding hydrogens is 396 g/mol. The maximum absolute atomic E-state index is 12.8. The molecule has 0 aliphatic carbocycles. The molecule has 0 spiro atoms. The van der Waals surface area contributed by atoms with Gasteiger partial charge < -0.3 is 38.3 Å². The van der Waals surface area contributed by atoms with Gasteiger partial charge in [0.1, 0.15) is 18.1 Å². The van der Waals surface area contributed by atoms with E-state index in [1.165, 1.54) is 6.92 Å². The molecule has 12 heteroatoms. The second-order valence-electron chi connectivity index (χ2n) is 7.42. The summed E-state index contributed by atoms with van der Waals surface area (Å²) in [5, 5.41) is 16.3. The van der Waals surface area contributed by atoms with Crippen LogP contribution in [0.4, 0.5) is 0 Å². The predicted molar refractivity (Wildman–Crippen MR) is 109 cm³/mol. The van der Waals surface area contributed by atoms with Crippen LogP contribution in [0.1, 0.15) is 46.5 Å². The molecule has 0 radical (unpaired) electrons. The summed E-state index contributed by atoms with van der Waals surface area (Å²) in [6.45, 7) is 5.06. The third-order valence-corrected chi connectivity index (χ3v) is 4.31. The Morgan fingerprint density at radius 1 is 0.900 bits per heavy atom. The molecule has 10 N–H and O–H groups in total. The van der Waals surface area contributed by atoms with Crippen LogP contribution in [-0.4, -0.2) is 65.4 Å². The minimum absolute atomic E-state index is 0.232. The first-order chi connectivity index (χ1) is 13.9. The van der Waals surface area contributed by atoms with Crippen LogP contribution in [0.2, 0.25) is 0 Å². The number of carbonyl (C=O) groups is 5. The third-order valence-electron chi connectivity index (χ3n) is 4.31. The Hall–Kier alpha value is -2.73. The first kappa shape index (κ1) is 27.3. The van der Waals surface area contributed by atoms with Crippen molar-refractivity contribution >= 4 is 29.6 Å². The normalized spacial score (nSPS) is 14.9. The standard InChI is InChI=1S/C18H34N6O6/c1-9(2)14(17(28)22-10(3)18(29)30)24-16(27)12(6-4-5-7-19)23-15(26)11(20)8-13(21)25/h9-12,14H,4-8,19-20H2,1-3H3,(H2,21,25)(H,22,28)(H,23,26)(H,24,27)(H,29,30). The van der Waals surface area contributed by atoms with Gasteiger partial charge in [0.25, 0.3) is 0 Å². The highest BCUT2D eigenvalue weighted by Crippen LogP contribution is 2.07. The summed E-state index contributed by atoms with van der Waals surface area (Å²) in [7, 11) is 0. The van der Waals surface area contributed by atoms with E-state index in [1.807, 2.05) is 0 Å². The van der Waals surface area contributed by atoms with E-state index in [2.05, 4.69) is 16.0 Å². The molecular formula is C18H34N6O6. The van der Waals surface area contributed by atoms with Gasteiger partial charge in [0.2, 0.25) is 23.6 Å². The van der Waals surface area contributed by atoms with Gasteiger partial charge in [0, 0.05) is 0 Å². The zero-order valence-corrected chi connectivity index (χ0v) is 17.6. The number of carbonyl (C=O) groups excluding carboxylic acids is 4. The van der Waals surface area contributed by atoms with Crippen molar-refractivity contribution < 1.29 is 29.1 Å². The second-order valence-corrected chi connectivity index (χ2v) is 7.42. The minimum atomic E-state index is -1.22. The van der Waals surface area contributed by atoms with Crippen molar-refractivity contribution in [2.75, 3.05) is 6.54 Å². The fourth-order valence-corrected chi connectivity index (χ4v) is 2.50. The van der Waals surface area contributed by atoms with Crippen molar-refractivity contribution in [3.05, 3.63) is 0 Å². The molecule has 172 valence electrons. The van der Waals surface area contributed by atoms with Crippen molar-refractivity contribution in [2.45, 2.75) is 70.6 Å². The van der Waals surface area contributed by atoms with Gasteiger partial charge >= 0.3 is 5.97 Å². The molecule has 0 aromatic carbocycles. The van der Waals surface area contributed by atoms with E-state index < -0.39 is 53.8 Å². The number of unbranched alkanes of at least 4 members (excludes halogenated alkanes) is 1. The zero-order valence-electron chi connectivity index (χ0n) is 17.6. The first-order valence-electron chi connectivity index (χ1n) is 9.78. The molecule has 0 rings (SSSR count). The summed E-state index contributed by atoms with van der Waals surface area (Å²) in [4.78, 5) is 59.3. The predicted octanol–water partition coefficient (Wildman–Crippen LogP) is -2.47. The van der Waals surface area contributed by atoms with Crippen LogP contribution in [0, 0.1) is 5.92 Å². The number of hydrogen-bond acceptors (Lipinski definition) is 7. The van der Waals surface area contributed by atoms with E-state index in [0.29, 0.717) is 19.4 Å². The molecule has 0 heterocycles. The van der Waals surface area contributed by atoms with Crippen LogP contribution in [-0.2, 0) is 24.0 Å². The van der Waals surface area contributed by atoms with Gasteiger partial charge in [-0.25, -0.2) is 0 Å². The minimum Gasteiger partial charge on any atom is -0.480 e. The van der Waals surface area contributed by atoms with Gasteiger partial charge in [-0.2, -0.15) is 0 Å². The fourth-order valence-electron chi connectivity index (χ4n) is 2.50. The Balaban J connectivity index is 5.28. The van der Waals surface area contributed by atoms with Crippen molar-refractivity contribution in [1.82, 2.24) is 16.0 Å². The summed E-state index contributed by atoms with van der Waals surface area (Å²) in [6.07, 6.45) is 0.981. The quantitative estimate of drug-likeness (QED) is 0.146. The fraction of sp³-hybridized carbons (Fsp3) is 0.722. The number of aliphatic carboxylic acids is 1. The number of rotatable bonds is 14. The van der Waals surface area contributed by atoms with E-state index in [-0.39, 0.29) is 18.8 Å². The molecule has 0 saturated carbocycles. The first-order valence-corrected chi connectivity index (χ1v) is 9.78. The van der Waals surface area contributed by atoms with Crippen LogP contribution in [0.15, 0.2) is 0 Å². The monoisotopic (exact) mass is 430 g/mol. The van der Waals surface area contributed by atoms with Crippen molar-refractivity contribution in [3.8, 4) is 0 Å². The summed E-state index contributed by atoms with van der Waals surface area (Å²) in [5.74, 6) is -4.35. The number of hydrogen-bond donors (Lipinski definition) is 7. The van der Waals surface area contributed by atoms with Crippen LogP contribution in [0.3, 0.4) is 0 Å². The van der Waals surface area contributed by atoms with Crippen molar-refractivity contribution in [2.24, 2.45) is 23.1 Å². The van der Waals surface area contributed by atoms with Crippen LogP contribution >= 0.6 is 0 Å². The van der Waals surface area contributed by atoms with Gasteiger partial charge in [0.15, 0.2) is 0 Å². The Bertz CT molecular complexity index is 626. The molecule has 4 atom stereocenters. The highest BCUT2D eigenvalue weighted by molar-refractivity contribution is 5.95. The van der Waals surface area contributed by atoms with E-state index >= 15 is 0 Å². The number of nitrogens with one attached hydrogen (secondary N) is 3. The Kier molecular flexibility index (Phi) is 12.3. The molecule has 0 fully saturated rings. The Morgan fingerprint density at radius 3 is 1.97 bits per heavy atom. The Morgan fingerprint density at radius 2 is 1.50 bits per heavy atom. The molecule has 0 aromatic rings. The average Bonchev–Trinajstić information content (AvgIpc) is 2.63. The highest BCUT2D eigenvalue weighted by Gasteiger charge is 2.31. The lowest BCUT2D eigenvalue weighted by Gasteiger charge is -2.26. The molecule has 0 aliphatic heterocycles. The molecule has 0 bridgehead atoms. The van der Waals surface area contributed by atoms with Gasteiger partial charge in [-0.1, -0.05) is 13.8 Å². The third kappa shape index (κ3) is 10.2. The highest BCUT2D eigenvalue weighted by atomic mass is 16.4. The van der Waals surface area contributed by atoms with Gasteiger partial charge in [0.05, 0.1) is 12.5 Å². The van der Waals surface area contributed by atoms with E-state index in [9.17, 15) is 24.0 Å². The van der Waals surface area contributed by atoms with E-state index in [1.54, 1.807) is 13.8 Å². The van der Waals surface area contributed by atoms with Crippen LogP contribution in [0.5, 0.6) is 0 Å². The lowest BCUT2D eigenvalue weighted by atomic mass is 10.0. The van der Waals surface area contributed by atoms with Gasteiger partial charge in [-0.15, -0.1) is 0 Å². The number of carboxylic acids is 1. The lowest BCUT2D eigenvalue weighted by molar-refractivity contribution is -0.142. The molecule has 0 aromatic heterocycles. The summed E-state index contributed by atoms with van der Waals surface area (Å²) < 4.78 is 0. The topological polar surface area (TPSA) is 220 Å². The van der Waals surface area contributed by atoms with Crippen molar-refractivity contribution in [3.63, 3.8) is 0 Å². The van der Waals surface area contributed by atoms with Crippen LogP contribution < -0.4 is 33.2 Å². The van der Waals surface area contributed by atoms with E-state index in [0.717, 1.165) is 0 Å².